The van der Waals surface area contributed by atoms with E-state index in [0.717, 1.165) is 0 Å². The van der Waals surface area contributed by atoms with E-state index in [9.17, 15) is 23.4 Å². The number of amides is 1. The lowest BCUT2D eigenvalue weighted by Crippen LogP contribution is -2.40. The number of benzene rings is 1. The molecule has 1 saturated heterocycles. The van der Waals surface area contributed by atoms with Crippen LogP contribution in [0.4, 0.5) is 0 Å². The number of carbonyl (C=O) groups excluding carboxylic acids is 1. The van der Waals surface area contributed by atoms with Crippen LogP contribution >= 0.6 is 0 Å². The Hall–Kier alpha value is -1.76. The highest BCUT2D eigenvalue weighted by molar-refractivity contribution is 7.91. The third kappa shape index (κ3) is 3.17. The van der Waals surface area contributed by atoms with Crippen molar-refractivity contribution in [3.8, 4) is 11.5 Å². The molecule has 1 aliphatic heterocycles. The van der Waals surface area contributed by atoms with Gasteiger partial charge in [-0.15, -0.1) is 0 Å². The summed E-state index contributed by atoms with van der Waals surface area (Å²) in [6.07, 6.45) is 0.737. The molecule has 104 valence electrons. The highest BCUT2D eigenvalue weighted by Gasteiger charge is 2.25. The standard InChI is InChI=1S/C12H15NO5S/c14-10-3-1-2-9(11(10)15)12(16)13-8-4-6-19(17,18)7-5-8/h1-3,8,14-15H,4-7H2,(H,13,16). The van der Waals surface area contributed by atoms with Gasteiger partial charge in [-0.05, 0) is 25.0 Å². The third-order valence-electron chi connectivity index (χ3n) is 3.15. The number of carbonyl (C=O) groups is 1. The molecule has 0 atom stereocenters. The lowest BCUT2D eigenvalue weighted by molar-refractivity contribution is 0.0931. The quantitative estimate of drug-likeness (QED) is 0.683. The Balaban J connectivity index is 2.04. The summed E-state index contributed by atoms with van der Waals surface area (Å²) < 4.78 is 22.5. The largest absolute Gasteiger partial charge is 0.504 e. The van der Waals surface area contributed by atoms with E-state index in [1.54, 1.807) is 0 Å². The van der Waals surface area contributed by atoms with Crippen LogP contribution in [-0.4, -0.2) is 42.1 Å². The number of phenols is 2. The molecule has 0 aliphatic carbocycles. The monoisotopic (exact) mass is 285 g/mol. The normalized spacial score (nSPS) is 18.9. The lowest BCUT2D eigenvalue weighted by atomic mass is 10.1. The average molecular weight is 285 g/mol. The second kappa shape index (κ2) is 5.08. The smallest absolute Gasteiger partial charge is 0.255 e. The van der Waals surface area contributed by atoms with Gasteiger partial charge in [0.15, 0.2) is 11.5 Å². The van der Waals surface area contributed by atoms with Gasteiger partial charge in [-0.2, -0.15) is 0 Å². The van der Waals surface area contributed by atoms with E-state index >= 15 is 0 Å². The van der Waals surface area contributed by atoms with Gasteiger partial charge >= 0.3 is 0 Å². The minimum absolute atomic E-state index is 0.0200. The maximum absolute atomic E-state index is 11.9. The number of nitrogens with one attached hydrogen (secondary N) is 1. The molecule has 1 amide bonds. The average Bonchev–Trinajstić information content (AvgIpc) is 2.35. The van der Waals surface area contributed by atoms with Gasteiger partial charge < -0.3 is 15.5 Å². The molecule has 0 radical (unpaired) electrons. The second-order valence-corrected chi connectivity index (χ2v) is 6.88. The molecular formula is C12H15NO5S. The maximum Gasteiger partial charge on any atom is 0.255 e. The number of para-hydroxylation sites is 1. The van der Waals surface area contributed by atoms with E-state index in [1.807, 2.05) is 0 Å². The lowest BCUT2D eigenvalue weighted by Gasteiger charge is -2.23. The number of sulfone groups is 1. The minimum Gasteiger partial charge on any atom is -0.504 e. The summed E-state index contributed by atoms with van der Waals surface area (Å²) >= 11 is 0. The first kappa shape index (κ1) is 13.7. The van der Waals surface area contributed by atoms with Crippen molar-refractivity contribution in [3.05, 3.63) is 23.8 Å². The highest BCUT2D eigenvalue weighted by Crippen LogP contribution is 2.28. The molecule has 0 spiro atoms. The van der Waals surface area contributed by atoms with Crippen LogP contribution in [0.25, 0.3) is 0 Å². The van der Waals surface area contributed by atoms with Crippen LogP contribution in [0.5, 0.6) is 11.5 Å². The number of hydrogen-bond donors (Lipinski definition) is 3. The number of hydrogen-bond acceptors (Lipinski definition) is 5. The predicted molar refractivity (Wildman–Crippen MR) is 68.9 cm³/mol. The van der Waals surface area contributed by atoms with Crippen LogP contribution < -0.4 is 5.32 Å². The van der Waals surface area contributed by atoms with Crippen molar-refractivity contribution < 1.29 is 23.4 Å². The van der Waals surface area contributed by atoms with Gasteiger partial charge in [0, 0.05) is 6.04 Å². The summed E-state index contributed by atoms with van der Waals surface area (Å²) in [5.41, 5.74) is -0.0200. The summed E-state index contributed by atoms with van der Waals surface area (Å²) in [6.45, 7) is 0. The second-order valence-electron chi connectivity index (χ2n) is 4.57. The van der Waals surface area contributed by atoms with Gasteiger partial charge in [0.05, 0.1) is 17.1 Å². The fourth-order valence-corrected chi connectivity index (χ4v) is 3.50. The van der Waals surface area contributed by atoms with Gasteiger partial charge in [0.2, 0.25) is 0 Å². The summed E-state index contributed by atoms with van der Waals surface area (Å²) in [5.74, 6) is -1.23. The maximum atomic E-state index is 11.9. The van der Waals surface area contributed by atoms with Crippen molar-refractivity contribution in [3.63, 3.8) is 0 Å². The Kier molecular flexibility index (Phi) is 3.66. The molecule has 0 aromatic heterocycles. The zero-order valence-corrected chi connectivity index (χ0v) is 11.0. The zero-order valence-electron chi connectivity index (χ0n) is 10.2. The number of phenolic OH excluding ortho intramolecular Hbond substituents is 2. The van der Waals surface area contributed by atoms with Crippen molar-refractivity contribution in [2.24, 2.45) is 0 Å². The molecule has 3 N–H and O–H groups in total. The highest BCUT2D eigenvalue weighted by atomic mass is 32.2. The van der Waals surface area contributed by atoms with E-state index in [2.05, 4.69) is 5.32 Å². The van der Waals surface area contributed by atoms with Crippen LogP contribution in [0, 0.1) is 0 Å². The summed E-state index contributed by atoms with van der Waals surface area (Å²) in [5, 5.41) is 21.6. The molecule has 0 saturated carbocycles. The first-order valence-corrected chi connectivity index (χ1v) is 7.73. The van der Waals surface area contributed by atoms with E-state index in [-0.39, 0.29) is 28.9 Å². The van der Waals surface area contributed by atoms with Crippen LogP contribution in [0.1, 0.15) is 23.2 Å². The van der Waals surface area contributed by atoms with Crippen molar-refractivity contribution in [1.82, 2.24) is 5.32 Å². The number of rotatable bonds is 2. The van der Waals surface area contributed by atoms with E-state index in [4.69, 9.17) is 0 Å². The molecule has 19 heavy (non-hydrogen) atoms. The Morgan fingerprint density at radius 2 is 1.84 bits per heavy atom. The van der Waals surface area contributed by atoms with Gasteiger partial charge in [-0.1, -0.05) is 6.07 Å². The van der Waals surface area contributed by atoms with Crippen molar-refractivity contribution in [1.29, 1.82) is 0 Å². The first-order valence-electron chi connectivity index (χ1n) is 5.91. The van der Waals surface area contributed by atoms with Crippen LogP contribution in [0.15, 0.2) is 18.2 Å². The molecule has 1 fully saturated rings. The zero-order chi connectivity index (χ0) is 14.0. The molecule has 2 rings (SSSR count). The van der Waals surface area contributed by atoms with Crippen LogP contribution in [0.2, 0.25) is 0 Å². The fraction of sp³-hybridized carbons (Fsp3) is 0.417. The van der Waals surface area contributed by atoms with Gasteiger partial charge in [-0.25, -0.2) is 8.42 Å². The van der Waals surface area contributed by atoms with Gasteiger partial charge in [-0.3, -0.25) is 4.79 Å². The van der Waals surface area contributed by atoms with E-state index in [1.165, 1.54) is 18.2 Å². The SMILES string of the molecule is O=C(NC1CCS(=O)(=O)CC1)c1cccc(O)c1O. The van der Waals surface area contributed by atoms with Crippen LogP contribution in [0.3, 0.4) is 0 Å². The Bertz CT molecular complexity index is 582. The van der Waals surface area contributed by atoms with Crippen molar-refractivity contribution in [2.45, 2.75) is 18.9 Å². The summed E-state index contributed by atoms with van der Waals surface area (Å²) in [4.78, 5) is 11.9. The third-order valence-corrected chi connectivity index (χ3v) is 4.86. The summed E-state index contributed by atoms with van der Waals surface area (Å²) in [6, 6.07) is 3.90. The van der Waals surface area contributed by atoms with Crippen LogP contribution in [-0.2, 0) is 9.84 Å². The molecule has 7 heteroatoms. The first-order chi connectivity index (χ1) is 8.89. The Morgan fingerprint density at radius 1 is 1.21 bits per heavy atom. The molecule has 0 bridgehead atoms. The molecule has 1 aromatic rings. The molecule has 1 heterocycles. The van der Waals surface area contributed by atoms with E-state index < -0.39 is 21.5 Å². The minimum atomic E-state index is -2.97. The molecule has 0 unspecified atom stereocenters. The predicted octanol–water partition coefficient (Wildman–Crippen LogP) is 0.405. The van der Waals surface area contributed by atoms with Gasteiger partial charge in [0.25, 0.3) is 5.91 Å². The summed E-state index contributed by atoms with van der Waals surface area (Å²) in [7, 11) is -2.97. The van der Waals surface area contributed by atoms with Crippen molar-refractivity contribution >= 4 is 15.7 Å². The molecule has 6 nitrogen and oxygen atoms in total. The molecule has 1 aliphatic rings. The van der Waals surface area contributed by atoms with Crippen molar-refractivity contribution in [2.75, 3.05) is 11.5 Å². The van der Waals surface area contributed by atoms with Gasteiger partial charge in [0.1, 0.15) is 9.84 Å². The topological polar surface area (TPSA) is 104 Å². The molecular weight excluding hydrogens is 270 g/mol. The molecule has 1 aromatic carbocycles. The Labute approximate surface area is 111 Å². The Morgan fingerprint density at radius 3 is 2.47 bits per heavy atom. The fourth-order valence-electron chi connectivity index (χ4n) is 2.01. The van der Waals surface area contributed by atoms with E-state index in [0.29, 0.717) is 12.8 Å². The number of aromatic hydroxyl groups is 2.